The SMILES string of the molecule is CN=C(NCCCCC(F)(F)F)N(C)Cc1ccccc1C.I. The highest BCUT2D eigenvalue weighted by Crippen LogP contribution is 2.21. The van der Waals surface area contributed by atoms with Gasteiger partial charge in [-0.2, -0.15) is 13.2 Å². The van der Waals surface area contributed by atoms with E-state index < -0.39 is 12.6 Å². The van der Waals surface area contributed by atoms with Gasteiger partial charge < -0.3 is 10.2 Å². The Labute approximate surface area is 153 Å². The standard InChI is InChI=1S/C16H24F3N3.HI/c1-13-8-4-5-9-14(13)12-22(3)15(20-2)21-11-7-6-10-16(17,18)19;/h4-5,8-9H,6-7,10-12H2,1-3H3,(H,20,21);1H. The van der Waals surface area contributed by atoms with E-state index in [9.17, 15) is 13.2 Å². The van der Waals surface area contributed by atoms with Gasteiger partial charge in [0.15, 0.2) is 5.96 Å². The van der Waals surface area contributed by atoms with Crippen LogP contribution >= 0.6 is 24.0 Å². The summed E-state index contributed by atoms with van der Waals surface area (Å²) in [6.07, 6.45) is -4.19. The van der Waals surface area contributed by atoms with Crippen molar-refractivity contribution in [2.24, 2.45) is 4.99 Å². The molecule has 1 aromatic carbocycles. The number of aryl methyl sites for hydroxylation is 1. The van der Waals surface area contributed by atoms with E-state index in [0.29, 0.717) is 25.5 Å². The van der Waals surface area contributed by atoms with Crippen molar-refractivity contribution in [3.05, 3.63) is 35.4 Å². The quantitative estimate of drug-likeness (QED) is 0.307. The van der Waals surface area contributed by atoms with Crippen LogP contribution in [0.3, 0.4) is 0 Å². The minimum Gasteiger partial charge on any atom is -0.356 e. The minimum absolute atomic E-state index is 0. The molecule has 0 saturated heterocycles. The molecule has 0 atom stereocenters. The van der Waals surface area contributed by atoms with Crippen LogP contribution in [0.25, 0.3) is 0 Å². The van der Waals surface area contributed by atoms with Gasteiger partial charge in [-0.15, -0.1) is 24.0 Å². The number of aliphatic imine (C=N–C) groups is 1. The van der Waals surface area contributed by atoms with Crippen molar-refractivity contribution in [3.63, 3.8) is 0 Å². The first-order valence-electron chi connectivity index (χ1n) is 7.36. The third-order valence-corrected chi connectivity index (χ3v) is 3.41. The predicted octanol–water partition coefficient (Wildman–Crippen LogP) is 4.35. The molecule has 0 heterocycles. The zero-order valence-corrected chi connectivity index (χ0v) is 16.1. The van der Waals surface area contributed by atoms with Gasteiger partial charge >= 0.3 is 6.18 Å². The molecule has 0 amide bonds. The maximum atomic E-state index is 12.1. The van der Waals surface area contributed by atoms with Crippen LogP contribution in [0, 0.1) is 6.92 Å². The topological polar surface area (TPSA) is 27.6 Å². The van der Waals surface area contributed by atoms with E-state index in [2.05, 4.69) is 29.4 Å². The van der Waals surface area contributed by atoms with Gasteiger partial charge in [-0.25, -0.2) is 0 Å². The first kappa shape index (κ1) is 22.0. The van der Waals surface area contributed by atoms with Crippen molar-refractivity contribution in [3.8, 4) is 0 Å². The lowest BCUT2D eigenvalue weighted by atomic mass is 10.1. The monoisotopic (exact) mass is 443 g/mol. The summed E-state index contributed by atoms with van der Waals surface area (Å²) in [5, 5.41) is 3.10. The molecule has 132 valence electrons. The smallest absolute Gasteiger partial charge is 0.356 e. The maximum absolute atomic E-state index is 12.1. The fourth-order valence-corrected chi connectivity index (χ4v) is 2.15. The Morgan fingerprint density at radius 1 is 1.22 bits per heavy atom. The van der Waals surface area contributed by atoms with Crippen molar-refractivity contribution in [2.75, 3.05) is 20.6 Å². The van der Waals surface area contributed by atoms with E-state index >= 15 is 0 Å². The maximum Gasteiger partial charge on any atom is 0.389 e. The lowest BCUT2D eigenvalue weighted by Gasteiger charge is -2.23. The molecular weight excluding hydrogens is 418 g/mol. The zero-order valence-electron chi connectivity index (χ0n) is 13.8. The first-order valence-corrected chi connectivity index (χ1v) is 7.36. The third-order valence-electron chi connectivity index (χ3n) is 3.41. The lowest BCUT2D eigenvalue weighted by molar-refractivity contribution is -0.135. The number of hydrogen-bond acceptors (Lipinski definition) is 1. The molecule has 0 unspecified atom stereocenters. The van der Waals surface area contributed by atoms with Gasteiger partial charge in [0.1, 0.15) is 0 Å². The van der Waals surface area contributed by atoms with Crippen molar-refractivity contribution in [1.29, 1.82) is 0 Å². The minimum atomic E-state index is -4.07. The molecule has 1 aromatic rings. The molecule has 0 aliphatic rings. The average molecular weight is 443 g/mol. The normalized spacial score (nSPS) is 11.8. The molecule has 3 nitrogen and oxygen atoms in total. The average Bonchev–Trinajstić information content (AvgIpc) is 2.44. The summed E-state index contributed by atoms with van der Waals surface area (Å²) in [6.45, 7) is 3.24. The first-order chi connectivity index (χ1) is 10.3. The summed E-state index contributed by atoms with van der Waals surface area (Å²) in [6, 6.07) is 8.09. The van der Waals surface area contributed by atoms with E-state index in [1.54, 1.807) is 7.05 Å². The summed E-state index contributed by atoms with van der Waals surface area (Å²) >= 11 is 0. The van der Waals surface area contributed by atoms with Gasteiger partial charge in [0.25, 0.3) is 0 Å². The Morgan fingerprint density at radius 3 is 2.43 bits per heavy atom. The number of rotatable bonds is 6. The van der Waals surface area contributed by atoms with E-state index in [-0.39, 0.29) is 30.4 Å². The molecule has 23 heavy (non-hydrogen) atoms. The number of unbranched alkanes of at least 4 members (excludes halogenated alkanes) is 1. The largest absolute Gasteiger partial charge is 0.389 e. The highest BCUT2D eigenvalue weighted by atomic mass is 127. The van der Waals surface area contributed by atoms with Crippen LogP contribution in [-0.4, -0.2) is 37.7 Å². The Balaban J connectivity index is 0.00000484. The molecule has 0 fully saturated rings. The van der Waals surface area contributed by atoms with E-state index in [1.807, 2.05) is 24.1 Å². The number of benzene rings is 1. The lowest BCUT2D eigenvalue weighted by Crippen LogP contribution is -2.39. The Kier molecular flexibility index (Phi) is 10.3. The molecule has 1 N–H and O–H groups in total. The molecular formula is C16H25F3IN3. The van der Waals surface area contributed by atoms with Gasteiger partial charge in [-0.1, -0.05) is 24.3 Å². The highest BCUT2D eigenvalue weighted by molar-refractivity contribution is 14.0. The zero-order chi connectivity index (χ0) is 16.6. The van der Waals surface area contributed by atoms with Crippen LogP contribution in [0.1, 0.15) is 30.4 Å². The van der Waals surface area contributed by atoms with Gasteiger partial charge in [0.2, 0.25) is 0 Å². The summed E-state index contributed by atoms with van der Waals surface area (Å²) in [5.41, 5.74) is 2.40. The molecule has 0 aliphatic heterocycles. The predicted molar refractivity (Wildman–Crippen MR) is 99.3 cm³/mol. The van der Waals surface area contributed by atoms with Crippen LogP contribution in [-0.2, 0) is 6.54 Å². The van der Waals surface area contributed by atoms with Crippen LogP contribution in [0.4, 0.5) is 13.2 Å². The van der Waals surface area contributed by atoms with Crippen LogP contribution < -0.4 is 5.32 Å². The second-order valence-electron chi connectivity index (χ2n) is 5.33. The molecule has 0 spiro atoms. The number of halogens is 4. The van der Waals surface area contributed by atoms with E-state index in [4.69, 9.17) is 0 Å². The van der Waals surface area contributed by atoms with E-state index in [0.717, 1.165) is 0 Å². The number of guanidine groups is 1. The van der Waals surface area contributed by atoms with Crippen molar-refractivity contribution in [1.82, 2.24) is 10.2 Å². The Morgan fingerprint density at radius 2 is 1.87 bits per heavy atom. The van der Waals surface area contributed by atoms with Crippen LogP contribution in [0.5, 0.6) is 0 Å². The molecule has 0 aliphatic carbocycles. The van der Waals surface area contributed by atoms with Crippen LogP contribution in [0.15, 0.2) is 29.3 Å². The molecule has 7 heteroatoms. The fourth-order valence-electron chi connectivity index (χ4n) is 2.15. The van der Waals surface area contributed by atoms with E-state index in [1.165, 1.54) is 11.1 Å². The fraction of sp³-hybridized carbons (Fsp3) is 0.562. The van der Waals surface area contributed by atoms with Gasteiger partial charge in [0.05, 0.1) is 0 Å². The molecule has 1 rings (SSSR count). The summed E-state index contributed by atoms with van der Waals surface area (Å²) in [4.78, 5) is 6.13. The van der Waals surface area contributed by atoms with Gasteiger partial charge in [-0.05, 0) is 30.9 Å². The highest BCUT2D eigenvalue weighted by Gasteiger charge is 2.25. The summed E-state index contributed by atoms with van der Waals surface area (Å²) in [7, 11) is 3.59. The second kappa shape index (κ2) is 10.7. The molecule has 0 aromatic heterocycles. The van der Waals surface area contributed by atoms with Crippen LogP contribution in [0.2, 0.25) is 0 Å². The molecule has 0 radical (unpaired) electrons. The molecule has 0 bridgehead atoms. The number of nitrogens with zero attached hydrogens (tertiary/aromatic N) is 2. The number of hydrogen-bond donors (Lipinski definition) is 1. The third kappa shape index (κ3) is 9.02. The van der Waals surface area contributed by atoms with Crippen molar-refractivity contribution >= 4 is 29.9 Å². The van der Waals surface area contributed by atoms with Gasteiger partial charge in [0, 0.05) is 33.6 Å². The van der Waals surface area contributed by atoms with Crippen molar-refractivity contribution in [2.45, 2.75) is 38.9 Å². The summed E-state index contributed by atoms with van der Waals surface area (Å²) in [5.74, 6) is 0.690. The molecule has 0 saturated carbocycles. The Hall–Kier alpha value is -0.990. The Bertz CT molecular complexity index is 490. The number of alkyl halides is 3. The second-order valence-corrected chi connectivity index (χ2v) is 5.33. The summed E-state index contributed by atoms with van der Waals surface area (Å²) < 4.78 is 36.2. The number of nitrogens with one attached hydrogen (secondary N) is 1. The van der Waals surface area contributed by atoms with Gasteiger partial charge in [-0.3, -0.25) is 4.99 Å². The van der Waals surface area contributed by atoms with Crippen molar-refractivity contribution < 1.29 is 13.2 Å².